The van der Waals surface area contributed by atoms with Crippen molar-refractivity contribution in [1.29, 1.82) is 0 Å². The standard InChI is InChI=1S/C23H28NO/c1-4-5-16-24-17-20(23(2,3)22(24)25)21(18-12-8-6-9-13-18)19-14-10-7-11-15-19/h6-15,20H,4-5,16-17H2,1-3H3. The first kappa shape index (κ1) is 17.7. The summed E-state index contributed by atoms with van der Waals surface area (Å²) < 4.78 is 0. The van der Waals surface area contributed by atoms with Gasteiger partial charge in [0.1, 0.15) is 0 Å². The SMILES string of the molecule is CCCCN1CC([C](c2ccccc2)c2ccccc2)C(C)(C)C1=O. The summed E-state index contributed by atoms with van der Waals surface area (Å²) in [6, 6.07) is 21.1. The smallest absolute Gasteiger partial charge is 0.228 e. The van der Waals surface area contributed by atoms with Crippen molar-refractivity contribution in [2.75, 3.05) is 13.1 Å². The molecule has 0 saturated carbocycles. The van der Waals surface area contributed by atoms with E-state index in [1.807, 2.05) is 12.1 Å². The number of benzene rings is 2. The average Bonchev–Trinajstić information content (AvgIpc) is 2.86. The molecule has 1 heterocycles. The van der Waals surface area contributed by atoms with Crippen LogP contribution in [0.3, 0.4) is 0 Å². The third-order valence-electron chi connectivity index (χ3n) is 5.41. The lowest BCUT2D eigenvalue weighted by Crippen LogP contribution is -2.33. The zero-order valence-corrected chi connectivity index (χ0v) is 15.5. The molecule has 2 heteroatoms. The second-order valence-electron chi connectivity index (χ2n) is 7.52. The van der Waals surface area contributed by atoms with Crippen LogP contribution in [0, 0.1) is 17.3 Å². The van der Waals surface area contributed by atoms with Crippen molar-refractivity contribution in [3.8, 4) is 0 Å². The first-order valence-corrected chi connectivity index (χ1v) is 9.32. The van der Waals surface area contributed by atoms with Crippen LogP contribution in [0.25, 0.3) is 0 Å². The number of carbonyl (C=O) groups is 1. The monoisotopic (exact) mass is 334 g/mol. The normalized spacial score (nSPS) is 19.6. The molecule has 2 nitrogen and oxygen atoms in total. The van der Waals surface area contributed by atoms with E-state index in [9.17, 15) is 4.79 Å². The predicted molar refractivity (Wildman–Crippen MR) is 103 cm³/mol. The van der Waals surface area contributed by atoms with Crippen LogP contribution in [0.5, 0.6) is 0 Å². The molecule has 1 amide bonds. The molecule has 1 saturated heterocycles. The quantitative estimate of drug-likeness (QED) is 0.732. The molecular weight excluding hydrogens is 306 g/mol. The molecule has 3 rings (SSSR count). The molecule has 2 aromatic rings. The summed E-state index contributed by atoms with van der Waals surface area (Å²) in [5.74, 6) is 1.77. The predicted octanol–water partition coefficient (Wildman–Crippen LogP) is 4.94. The molecule has 1 aliphatic heterocycles. The molecular formula is C23H28NO. The van der Waals surface area contributed by atoms with Crippen molar-refractivity contribution in [3.05, 3.63) is 77.7 Å². The lowest BCUT2D eigenvalue weighted by molar-refractivity contribution is -0.135. The van der Waals surface area contributed by atoms with E-state index in [0.717, 1.165) is 25.9 Å². The fraction of sp³-hybridized carbons (Fsp3) is 0.391. The zero-order valence-electron chi connectivity index (χ0n) is 15.5. The molecule has 25 heavy (non-hydrogen) atoms. The Balaban J connectivity index is 2.00. The van der Waals surface area contributed by atoms with E-state index < -0.39 is 0 Å². The van der Waals surface area contributed by atoms with Gasteiger partial charge in [0.15, 0.2) is 0 Å². The van der Waals surface area contributed by atoms with Gasteiger partial charge in [0.2, 0.25) is 5.91 Å². The number of amides is 1. The number of carbonyl (C=O) groups excluding carboxylic acids is 1. The highest BCUT2D eigenvalue weighted by molar-refractivity contribution is 5.85. The minimum atomic E-state index is -0.380. The highest BCUT2D eigenvalue weighted by Crippen LogP contribution is 2.46. The Morgan fingerprint density at radius 2 is 1.52 bits per heavy atom. The third kappa shape index (κ3) is 3.49. The van der Waals surface area contributed by atoms with Crippen molar-refractivity contribution >= 4 is 5.91 Å². The maximum absolute atomic E-state index is 13.0. The molecule has 1 aliphatic rings. The summed E-state index contributed by atoms with van der Waals surface area (Å²) in [4.78, 5) is 15.1. The molecule has 0 bridgehead atoms. The molecule has 0 spiro atoms. The van der Waals surface area contributed by atoms with Crippen molar-refractivity contribution in [2.24, 2.45) is 11.3 Å². The van der Waals surface area contributed by atoms with Crippen LogP contribution in [0.2, 0.25) is 0 Å². The van der Waals surface area contributed by atoms with Gasteiger partial charge in [0, 0.05) is 30.3 Å². The fourth-order valence-electron chi connectivity index (χ4n) is 3.89. The van der Waals surface area contributed by atoms with Gasteiger partial charge in [0.25, 0.3) is 0 Å². The lowest BCUT2D eigenvalue weighted by atomic mass is 9.69. The Hall–Kier alpha value is -2.09. The minimum Gasteiger partial charge on any atom is -0.342 e. The van der Waals surface area contributed by atoms with Gasteiger partial charge in [-0.05, 0) is 17.5 Å². The average molecular weight is 334 g/mol. The first-order valence-electron chi connectivity index (χ1n) is 9.32. The van der Waals surface area contributed by atoms with Crippen LogP contribution in [0.15, 0.2) is 60.7 Å². The highest BCUT2D eigenvalue weighted by atomic mass is 16.2. The van der Waals surface area contributed by atoms with E-state index in [1.165, 1.54) is 17.0 Å². The molecule has 1 atom stereocenters. The third-order valence-corrected chi connectivity index (χ3v) is 5.41. The van der Waals surface area contributed by atoms with Gasteiger partial charge in [-0.25, -0.2) is 0 Å². The number of hydrogen-bond acceptors (Lipinski definition) is 1. The van der Waals surface area contributed by atoms with Crippen LogP contribution in [0.4, 0.5) is 0 Å². The number of unbranched alkanes of at least 4 members (excludes halogenated alkanes) is 1. The van der Waals surface area contributed by atoms with E-state index in [4.69, 9.17) is 0 Å². The number of likely N-dealkylation sites (tertiary alicyclic amines) is 1. The van der Waals surface area contributed by atoms with Crippen molar-refractivity contribution in [3.63, 3.8) is 0 Å². The number of rotatable bonds is 6. The van der Waals surface area contributed by atoms with E-state index in [1.54, 1.807) is 0 Å². The molecule has 131 valence electrons. The molecule has 0 aromatic heterocycles. The van der Waals surface area contributed by atoms with Gasteiger partial charge in [-0.2, -0.15) is 0 Å². The van der Waals surface area contributed by atoms with Crippen LogP contribution >= 0.6 is 0 Å². The second kappa shape index (κ2) is 7.43. The van der Waals surface area contributed by atoms with Crippen molar-refractivity contribution in [1.82, 2.24) is 4.90 Å². The van der Waals surface area contributed by atoms with E-state index in [-0.39, 0.29) is 17.2 Å². The van der Waals surface area contributed by atoms with Crippen molar-refractivity contribution < 1.29 is 4.79 Å². The maximum Gasteiger partial charge on any atom is 0.228 e. The second-order valence-corrected chi connectivity index (χ2v) is 7.52. The molecule has 0 N–H and O–H groups in total. The molecule has 1 fully saturated rings. The number of hydrogen-bond donors (Lipinski definition) is 0. The van der Waals surface area contributed by atoms with Crippen molar-refractivity contribution in [2.45, 2.75) is 33.6 Å². The molecule has 0 aliphatic carbocycles. The van der Waals surface area contributed by atoms with Crippen LogP contribution in [-0.2, 0) is 4.79 Å². The maximum atomic E-state index is 13.0. The summed E-state index contributed by atoms with van der Waals surface area (Å²) in [5.41, 5.74) is 2.06. The molecule has 1 radical (unpaired) electrons. The van der Waals surface area contributed by atoms with Crippen LogP contribution in [0.1, 0.15) is 44.7 Å². The Morgan fingerprint density at radius 3 is 2.00 bits per heavy atom. The summed E-state index contributed by atoms with van der Waals surface area (Å²) in [7, 11) is 0. The van der Waals surface area contributed by atoms with Gasteiger partial charge in [-0.15, -0.1) is 0 Å². The topological polar surface area (TPSA) is 20.3 Å². The number of nitrogens with zero attached hydrogens (tertiary/aromatic N) is 1. The summed E-state index contributed by atoms with van der Waals surface area (Å²) in [6.45, 7) is 8.07. The van der Waals surface area contributed by atoms with E-state index in [2.05, 4.69) is 74.2 Å². The lowest BCUT2D eigenvalue weighted by Gasteiger charge is -2.31. The fourth-order valence-corrected chi connectivity index (χ4v) is 3.89. The largest absolute Gasteiger partial charge is 0.342 e. The Morgan fingerprint density at radius 1 is 1.00 bits per heavy atom. The Bertz CT molecular complexity index is 653. The van der Waals surface area contributed by atoms with E-state index in [0.29, 0.717) is 0 Å². The summed E-state index contributed by atoms with van der Waals surface area (Å²) >= 11 is 0. The highest BCUT2D eigenvalue weighted by Gasteiger charge is 2.50. The summed E-state index contributed by atoms with van der Waals surface area (Å²) in [5, 5.41) is 0. The molecule has 1 unspecified atom stereocenters. The Kier molecular flexibility index (Phi) is 5.27. The minimum absolute atomic E-state index is 0.196. The zero-order chi connectivity index (χ0) is 17.9. The van der Waals surface area contributed by atoms with Gasteiger partial charge in [0.05, 0.1) is 0 Å². The van der Waals surface area contributed by atoms with Gasteiger partial charge < -0.3 is 4.90 Å². The van der Waals surface area contributed by atoms with Gasteiger partial charge in [-0.1, -0.05) is 87.9 Å². The van der Waals surface area contributed by atoms with Crippen LogP contribution < -0.4 is 0 Å². The Labute approximate surface area is 151 Å². The summed E-state index contributed by atoms with van der Waals surface area (Å²) in [6.07, 6.45) is 2.18. The van der Waals surface area contributed by atoms with Gasteiger partial charge in [-0.3, -0.25) is 4.79 Å². The molecule has 2 aromatic carbocycles. The first-order chi connectivity index (χ1) is 12.1. The van der Waals surface area contributed by atoms with E-state index >= 15 is 0 Å². The van der Waals surface area contributed by atoms with Gasteiger partial charge >= 0.3 is 0 Å². The van der Waals surface area contributed by atoms with Crippen LogP contribution in [-0.4, -0.2) is 23.9 Å².